The van der Waals surface area contributed by atoms with Gasteiger partial charge < -0.3 is 32.5 Å². The van der Waals surface area contributed by atoms with Gasteiger partial charge in [-0.1, -0.05) is 26.0 Å². The van der Waals surface area contributed by atoms with Crippen LogP contribution in [-0.2, 0) is 30.4 Å². The zero-order valence-electron chi connectivity index (χ0n) is 20.3. The van der Waals surface area contributed by atoms with Gasteiger partial charge in [-0.25, -0.2) is 5.90 Å². The van der Waals surface area contributed by atoms with E-state index in [4.69, 9.17) is 17.4 Å². The maximum absolute atomic E-state index is 13.1. The van der Waals surface area contributed by atoms with Crippen LogP contribution in [0.15, 0.2) is 24.3 Å². The molecule has 1 aromatic rings. The van der Waals surface area contributed by atoms with Crippen LogP contribution in [-0.4, -0.2) is 60.0 Å². The summed E-state index contributed by atoms with van der Waals surface area (Å²) in [6.07, 6.45) is 1.93. The number of unbranched alkanes of at least 4 members (excludes halogenated alkanes) is 1. The van der Waals surface area contributed by atoms with E-state index in [0.29, 0.717) is 37.8 Å². The number of phenolic OH excluding ortho intramolecular Hbond substituents is 1. The summed E-state index contributed by atoms with van der Waals surface area (Å²) in [4.78, 5) is 54.4. The van der Waals surface area contributed by atoms with Crippen molar-refractivity contribution in [3.63, 3.8) is 0 Å². The summed E-state index contributed by atoms with van der Waals surface area (Å²) in [5, 5.41) is 17.4. The van der Waals surface area contributed by atoms with Gasteiger partial charge >= 0.3 is 0 Å². The summed E-state index contributed by atoms with van der Waals surface area (Å²) >= 11 is 0. The average molecular weight is 495 g/mol. The number of primary amides is 1. The van der Waals surface area contributed by atoms with E-state index in [1.165, 1.54) is 12.1 Å². The molecule has 1 rings (SSSR count). The lowest BCUT2D eigenvalue weighted by atomic mass is 10.0. The third-order valence-corrected chi connectivity index (χ3v) is 5.19. The fourth-order valence-corrected chi connectivity index (χ4v) is 3.41. The largest absolute Gasteiger partial charge is 0.508 e. The first kappa shape index (κ1) is 29.8. The number of aromatic hydroxyl groups is 1. The molecule has 0 aliphatic rings. The quantitative estimate of drug-likeness (QED) is 0.111. The second-order valence-corrected chi connectivity index (χ2v) is 8.74. The summed E-state index contributed by atoms with van der Waals surface area (Å²) in [7, 11) is 0. The van der Waals surface area contributed by atoms with Gasteiger partial charge in [-0.3, -0.25) is 24.0 Å². The second-order valence-electron chi connectivity index (χ2n) is 8.74. The van der Waals surface area contributed by atoms with E-state index >= 15 is 0 Å². The second kappa shape index (κ2) is 15.6. The van der Waals surface area contributed by atoms with Gasteiger partial charge in [-0.05, 0) is 55.8 Å². The molecular formula is C23H38N6O6. The number of hydrogen-bond donors (Lipinski definition) is 7. The predicted molar refractivity (Wildman–Crippen MR) is 129 cm³/mol. The Kier molecular flexibility index (Phi) is 13.3. The van der Waals surface area contributed by atoms with Crippen molar-refractivity contribution in [2.75, 3.05) is 13.2 Å². The van der Waals surface area contributed by atoms with Crippen LogP contribution in [0.5, 0.6) is 5.75 Å². The van der Waals surface area contributed by atoms with E-state index in [1.54, 1.807) is 12.1 Å². The molecule has 0 bridgehead atoms. The lowest BCUT2D eigenvalue weighted by Crippen LogP contribution is -2.57. The third kappa shape index (κ3) is 11.7. The van der Waals surface area contributed by atoms with Gasteiger partial charge in [0.25, 0.3) is 0 Å². The van der Waals surface area contributed by atoms with Gasteiger partial charge in [0.15, 0.2) is 0 Å². The number of amides is 4. The average Bonchev–Trinajstić information content (AvgIpc) is 2.78. The molecule has 12 nitrogen and oxygen atoms in total. The zero-order valence-corrected chi connectivity index (χ0v) is 20.3. The number of benzene rings is 1. The van der Waals surface area contributed by atoms with Gasteiger partial charge in [0, 0.05) is 6.42 Å². The summed E-state index contributed by atoms with van der Waals surface area (Å²) in [6, 6.07) is 3.19. The van der Waals surface area contributed by atoms with Crippen molar-refractivity contribution >= 4 is 23.6 Å². The molecule has 1 aromatic carbocycles. The highest BCUT2D eigenvalue weighted by Crippen LogP contribution is 2.13. The highest BCUT2D eigenvalue weighted by atomic mass is 16.6. The van der Waals surface area contributed by atoms with Crippen molar-refractivity contribution in [1.29, 1.82) is 0 Å². The van der Waals surface area contributed by atoms with E-state index in [-0.39, 0.29) is 18.1 Å². The van der Waals surface area contributed by atoms with Gasteiger partial charge in [0.05, 0.1) is 0 Å². The highest BCUT2D eigenvalue weighted by molar-refractivity contribution is 5.94. The molecule has 196 valence electrons. The molecule has 0 aromatic heterocycles. The van der Waals surface area contributed by atoms with Crippen molar-refractivity contribution in [2.45, 2.75) is 64.1 Å². The Morgan fingerprint density at radius 2 is 1.54 bits per heavy atom. The van der Waals surface area contributed by atoms with Crippen LogP contribution in [0.3, 0.4) is 0 Å². The highest BCUT2D eigenvalue weighted by Gasteiger charge is 2.29. The van der Waals surface area contributed by atoms with E-state index in [9.17, 15) is 24.3 Å². The van der Waals surface area contributed by atoms with Crippen molar-refractivity contribution in [1.82, 2.24) is 16.0 Å². The Balaban J connectivity index is 3.09. The summed E-state index contributed by atoms with van der Waals surface area (Å²) in [6.45, 7) is 3.77. The zero-order chi connectivity index (χ0) is 26.4. The molecule has 10 N–H and O–H groups in total. The maximum Gasteiger partial charge on any atom is 0.248 e. The lowest BCUT2D eigenvalue weighted by Gasteiger charge is -2.25. The number of rotatable bonds is 16. The number of carbonyl (C=O) groups excluding carboxylic acids is 4. The minimum atomic E-state index is -1.08. The summed E-state index contributed by atoms with van der Waals surface area (Å²) < 4.78 is 0. The van der Waals surface area contributed by atoms with Crippen LogP contribution in [0.4, 0.5) is 0 Å². The molecule has 0 saturated heterocycles. The van der Waals surface area contributed by atoms with Crippen molar-refractivity contribution in [2.24, 2.45) is 23.3 Å². The van der Waals surface area contributed by atoms with Gasteiger partial charge in [0.2, 0.25) is 23.6 Å². The van der Waals surface area contributed by atoms with Crippen LogP contribution in [0.25, 0.3) is 0 Å². The first-order valence-corrected chi connectivity index (χ1v) is 11.6. The number of nitrogens with one attached hydrogen (secondary N) is 3. The molecule has 0 spiro atoms. The fourth-order valence-electron chi connectivity index (χ4n) is 3.41. The minimum absolute atomic E-state index is 0.0503. The summed E-state index contributed by atoms with van der Waals surface area (Å²) in [5.41, 5.74) is 11.6. The van der Waals surface area contributed by atoms with Gasteiger partial charge in [-0.2, -0.15) is 0 Å². The molecule has 0 unspecified atom stereocenters. The Hall–Kier alpha value is -3.22. The topological polar surface area (TPSA) is 212 Å². The molecule has 4 amide bonds. The predicted octanol–water partition coefficient (Wildman–Crippen LogP) is -1.06. The van der Waals surface area contributed by atoms with E-state index < -0.39 is 48.4 Å². The first-order valence-electron chi connectivity index (χ1n) is 11.6. The fraction of sp³-hybridized carbons (Fsp3) is 0.565. The molecule has 0 fully saturated rings. The lowest BCUT2D eigenvalue weighted by molar-refractivity contribution is -0.134. The van der Waals surface area contributed by atoms with Crippen LogP contribution in [0, 0.1) is 5.92 Å². The van der Waals surface area contributed by atoms with Crippen LogP contribution in [0.1, 0.15) is 45.1 Å². The molecule has 12 heteroatoms. The smallest absolute Gasteiger partial charge is 0.248 e. The molecule has 0 heterocycles. The Morgan fingerprint density at radius 1 is 0.943 bits per heavy atom. The number of nitrogens with two attached hydrogens (primary N) is 3. The van der Waals surface area contributed by atoms with Crippen molar-refractivity contribution in [3.05, 3.63) is 29.8 Å². The SMILES string of the molecule is CC(C)C[C@H](NC(=O)CON)C(=O)N[C@@H](Cc1ccc(O)cc1)C(=O)N[C@@H](CCCCN)C(N)=O. The number of hydrogen-bond acceptors (Lipinski definition) is 8. The molecule has 35 heavy (non-hydrogen) atoms. The molecule has 0 aliphatic carbocycles. The monoisotopic (exact) mass is 494 g/mol. The van der Waals surface area contributed by atoms with Gasteiger partial charge in [0.1, 0.15) is 30.5 Å². The van der Waals surface area contributed by atoms with Crippen LogP contribution >= 0.6 is 0 Å². The van der Waals surface area contributed by atoms with Crippen LogP contribution in [0.2, 0.25) is 0 Å². The van der Waals surface area contributed by atoms with E-state index in [0.717, 1.165) is 0 Å². The van der Waals surface area contributed by atoms with E-state index in [2.05, 4.69) is 20.8 Å². The molecule has 0 radical (unpaired) electrons. The molecule has 0 saturated carbocycles. The maximum atomic E-state index is 13.1. The van der Waals surface area contributed by atoms with E-state index in [1.807, 2.05) is 13.8 Å². The normalized spacial score (nSPS) is 13.5. The molecule has 3 atom stereocenters. The summed E-state index contributed by atoms with van der Waals surface area (Å²) in [5.74, 6) is 2.57. The Morgan fingerprint density at radius 3 is 2.09 bits per heavy atom. The molecule has 0 aliphatic heterocycles. The Labute approximate surface area is 205 Å². The van der Waals surface area contributed by atoms with Crippen molar-refractivity contribution in [3.8, 4) is 5.75 Å². The minimum Gasteiger partial charge on any atom is -0.508 e. The number of carbonyl (C=O) groups is 4. The number of phenols is 1. The Bertz CT molecular complexity index is 832. The van der Waals surface area contributed by atoms with Gasteiger partial charge in [-0.15, -0.1) is 0 Å². The van der Waals surface area contributed by atoms with Crippen LogP contribution < -0.4 is 33.3 Å². The first-order chi connectivity index (χ1) is 16.6. The van der Waals surface area contributed by atoms with Crippen molar-refractivity contribution < 1.29 is 29.1 Å². The molecular weight excluding hydrogens is 456 g/mol. The third-order valence-electron chi connectivity index (χ3n) is 5.19. The standard InChI is InChI=1S/C23H38N6O6/c1-14(2)11-18(27-20(31)13-35-26)22(33)29-19(12-15-6-8-16(30)9-7-15)23(34)28-17(21(25)32)5-3-4-10-24/h6-9,14,17-19,30H,3-5,10-13,24,26H2,1-2H3,(H2,25,32)(H,27,31)(H,28,34)(H,29,33)/t17-,18-,19-/m0/s1.